The van der Waals surface area contributed by atoms with Crippen molar-refractivity contribution in [2.24, 2.45) is 0 Å². The van der Waals surface area contributed by atoms with E-state index in [0.717, 1.165) is 6.08 Å². The van der Waals surface area contributed by atoms with Crippen molar-refractivity contribution in [1.29, 1.82) is 0 Å². The maximum Gasteiger partial charge on any atom is 0.422 e. The molecule has 0 fully saturated rings. The molecular formula is C28H32F3N9O3. The summed E-state index contributed by atoms with van der Waals surface area (Å²) in [7, 11) is 6.99. The Bertz CT molecular complexity index is 1490. The third-order valence-electron chi connectivity index (χ3n) is 6.35. The molecule has 0 unspecified atom stereocenters. The van der Waals surface area contributed by atoms with Crippen LogP contribution < -0.4 is 30.1 Å². The lowest BCUT2D eigenvalue weighted by Crippen LogP contribution is -2.45. The van der Waals surface area contributed by atoms with Crippen LogP contribution in [0.1, 0.15) is 5.56 Å². The van der Waals surface area contributed by atoms with E-state index in [1.54, 1.807) is 23.9 Å². The Morgan fingerprint density at radius 3 is 2.51 bits per heavy atom. The molecule has 3 amide bonds. The summed E-state index contributed by atoms with van der Waals surface area (Å²) in [5.74, 6) is -0.466. The Hall–Kier alpha value is -4.92. The number of nitrogens with zero attached hydrogens (tertiary/aromatic N) is 7. The van der Waals surface area contributed by atoms with Crippen molar-refractivity contribution in [3.8, 4) is 5.88 Å². The molecule has 1 aliphatic rings. The molecule has 0 bridgehead atoms. The molecular weight excluding hydrogens is 567 g/mol. The van der Waals surface area contributed by atoms with Gasteiger partial charge in [0.15, 0.2) is 12.4 Å². The summed E-state index contributed by atoms with van der Waals surface area (Å²) in [5, 5.41) is 5.50. The molecule has 15 heteroatoms. The van der Waals surface area contributed by atoms with Gasteiger partial charge in [-0.3, -0.25) is 14.6 Å². The lowest BCUT2D eigenvalue weighted by Gasteiger charge is -2.34. The van der Waals surface area contributed by atoms with Gasteiger partial charge < -0.3 is 25.2 Å². The summed E-state index contributed by atoms with van der Waals surface area (Å²) < 4.78 is 44.6. The van der Waals surface area contributed by atoms with E-state index < -0.39 is 18.7 Å². The highest BCUT2D eigenvalue weighted by molar-refractivity contribution is 6.05. The number of anilines is 6. The topological polar surface area (TPSA) is 119 Å². The van der Waals surface area contributed by atoms with Gasteiger partial charge in [0.05, 0.1) is 12.2 Å². The molecule has 2 N–H and O–H groups in total. The number of para-hydroxylation sites is 1. The molecule has 3 aromatic rings. The highest BCUT2D eigenvalue weighted by Gasteiger charge is 2.32. The van der Waals surface area contributed by atoms with Crippen LogP contribution >= 0.6 is 0 Å². The molecule has 0 saturated carbocycles. The molecule has 2 aromatic heterocycles. The van der Waals surface area contributed by atoms with E-state index in [2.05, 4.69) is 32.2 Å². The largest absolute Gasteiger partial charge is 0.466 e. The standard InChI is InChI=1S/C28H32F3N9O3/c1-6-22(41)33-20-14-21(25(43-17-28(29,30)31)35-24(20)38(4)13-12-37(2)3)34-26-32-15-18-16-40(19-10-8-7-9-11-19)27(42)39(5)23(18)36-26/h6-11,14-15H,1,12-13,16-17H2,2-5H3,(H,33,41)(H,32,34,36). The molecule has 0 saturated heterocycles. The monoisotopic (exact) mass is 599 g/mol. The average Bonchev–Trinajstić information content (AvgIpc) is 2.97. The van der Waals surface area contributed by atoms with Gasteiger partial charge >= 0.3 is 12.2 Å². The zero-order chi connectivity index (χ0) is 31.3. The Balaban J connectivity index is 1.71. The molecule has 228 valence electrons. The van der Waals surface area contributed by atoms with Gasteiger partial charge in [-0.05, 0) is 38.4 Å². The third-order valence-corrected chi connectivity index (χ3v) is 6.35. The van der Waals surface area contributed by atoms with Gasteiger partial charge in [0, 0.05) is 44.6 Å². The maximum atomic E-state index is 13.2. The van der Waals surface area contributed by atoms with Crippen molar-refractivity contribution in [1.82, 2.24) is 19.9 Å². The van der Waals surface area contributed by atoms with E-state index in [4.69, 9.17) is 4.74 Å². The van der Waals surface area contributed by atoms with Crippen LogP contribution in [0.4, 0.5) is 52.6 Å². The highest BCUT2D eigenvalue weighted by Crippen LogP contribution is 2.36. The van der Waals surface area contributed by atoms with Gasteiger partial charge in [-0.25, -0.2) is 9.78 Å². The fourth-order valence-corrected chi connectivity index (χ4v) is 4.16. The smallest absolute Gasteiger partial charge is 0.422 e. The number of hydrogen-bond acceptors (Lipinski definition) is 9. The number of benzene rings is 1. The lowest BCUT2D eigenvalue weighted by molar-refractivity contribution is -0.153. The zero-order valence-corrected chi connectivity index (χ0v) is 24.1. The van der Waals surface area contributed by atoms with E-state index >= 15 is 0 Å². The van der Waals surface area contributed by atoms with Crippen molar-refractivity contribution >= 4 is 46.6 Å². The summed E-state index contributed by atoms with van der Waals surface area (Å²) in [6, 6.07) is 10.2. The number of aromatic nitrogens is 3. The first kappa shape index (κ1) is 31.0. The van der Waals surface area contributed by atoms with Crippen LogP contribution in [0, 0.1) is 0 Å². The van der Waals surface area contributed by atoms with Gasteiger partial charge in [-0.1, -0.05) is 24.8 Å². The fourth-order valence-electron chi connectivity index (χ4n) is 4.16. The number of pyridine rings is 1. The fraction of sp³-hybridized carbons (Fsp3) is 0.321. The second kappa shape index (κ2) is 12.9. The summed E-state index contributed by atoms with van der Waals surface area (Å²) in [6.45, 7) is 3.11. The number of hydrogen-bond donors (Lipinski definition) is 2. The lowest BCUT2D eigenvalue weighted by atomic mass is 10.2. The van der Waals surface area contributed by atoms with E-state index in [-0.39, 0.29) is 41.6 Å². The van der Waals surface area contributed by atoms with Gasteiger partial charge in [0.25, 0.3) is 0 Å². The number of urea groups is 1. The molecule has 12 nitrogen and oxygen atoms in total. The predicted molar refractivity (Wildman–Crippen MR) is 158 cm³/mol. The van der Waals surface area contributed by atoms with Crippen molar-refractivity contribution in [3.63, 3.8) is 0 Å². The second-order valence-electron chi connectivity index (χ2n) is 9.97. The number of ether oxygens (including phenoxy) is 1. The van der Waals surface area contributed by atoms with Crippen LogP contribution in [-0.2, 0) is 11.3 Å². The van der Waals surface area contributed by atoms with Gasteiger partial charge in [-0.2, -0.15) is 23.1 Å². The number of carbonyl (C=O) groups is 2. The van der Waals surface area contributed by atoms with E-state index in [9.17, 15) is 22.8 Å². The zero-order valence-electron chi connectivity index (χ0n) is 24.1. The van der Waals surface area contributed by atoms with Crippen LogP contribution in [0.15, 0.2) is 55.3 Å². The summed E-state index contributed by atoms with van der Waals surface area (Å²) in [4.78, 5) is 45.0. The number of carbonyl (C=O) groups excluding carboxylic acids is 2. The minimum absolute atomic E-state index is 0.0278. The van der Waals surface area contributed by atoms with Crippen molar-refractivity contribution in [2.45, 2.75) is 12.7 Å². The molecule has 0 aliphatic carbocycles. The molecule has 0 radical (unpaired) electrons. The number of nitrogens with one attached hydrogen (secondary N) is 2. The Morgan fingerprint density at radius 1 is 1.14 bits per heavy atom. The van der Waals surface area contributed by atoms with Gasteiger partial charge in [0.2, 0.25) is 17.7 Å². The molecule has 4 rings (SSSR count). The quantitative estimate of drug-likeness (QED) is 0.312. The first-order chi connectivity index (χ1) is 20.4. The van der Waals surface area contributed by atoms with E-state index in [1.807, 2.05) is 49.3 Å². The Labute approximate surface area is 246 Å². The summed E-state index contributed by atoms with van der Waals surface area (Å²) in [6.07, 6.45) is -2.05. The normalized spacial score (nSPS) is 13.1. The second-order valence-corrected chi connectivity index (χ2v) is 9.97. The van der Waals surface area contributed by atoms with Crippen LogP contribution in [0.2, 0.25) is 0 Å². The summed E-state index contributed by atoms with van der Waals surface area (Å²) in [5.41, 5.74) is 1.51. The van der Waals surface area contributed by atoms with Crippen LogP contribution in [0.3, 0.4) is 0 Å². The first-order valence-electron chi connectivity index (χ1n) is 13.1. The number of alkyl halides is 3. The summed E-state index contributed by atoms with van der Waals surface area (Å²) >= 11 is 0. The predicted octanol–water partition coefficient (Wildman–Crippen LogP) is 4.26. The average molecular weight is 600 g/mol. The Kier molecular flexibility index (Phi) is 9.34. The van der Waals surface area contributed by atoms with Crippen LogP contribution in [-0.4, -0.2) is 85.9 Å². The number of halogens is 3. The molecule has 0 spiro atoms. The van der Waals surface area contributed by atoms with E-state index in [1.165, 1.54) is 17.2 Å². The van der Waals surface area contributed by atoms with Crippen molar-refractivity contribution in [3.05, 3.63) is 60.8 Å². The number of amides is 3. The minimum Gasteiger partial charge on any atom is -0.466 e. The van der Waals surface area contributed by atoms with Gasteiger partial charge in [0.1, 0.15) is 11.5 Å². The molecule has 0 atom stereocenters. The van der Waals surface area contributed by atoms with Crippen molar-refractivity contribution in [2.75, 3.05) is 73.2 Å². The highest BCUT2D eigenvalue weighted by atomic mass is 19.4. The SMILES string of the molecule is C=CC(=O)Nc1cc(Nc2ncc3c(n2)N(C)C(=O)N(c2ccccc2)C3)c(OCC(F)(F)F)nc1N(C)CCN(C)C. The molecule has 3 heterocycles. The Morgan fingerprint density at radius 2 is 1.86 bits per heavy atom. The maximum absolute atomic E-state index is 13.2. The van der Waals surface area contributed by atoms with Crippen LogP contribution in [0.5, 0.6) is 5.88 Å². The molecule has 1 aromatic carbocycles. The van der Waals surface area contributed by atoms with Crippen molar-refractivity contribution < 1.29 is 27.5 Å². The van der Waals surface area contributed by atoms with E-state index in [0.29, 0.717) is 30.2 Å². The first-order valence-corrected chi connectivity index (χ1v) is 13.1. The van der Waals surface area contributed by atoms with Gasteiger partial charge in [-0.15, -0.1) is 0 Å². The molecule has 1 aliphatic heterocycles. The number of fused-ring (bicyclic) bond motifs is 1. The number of likely N-dealkylation sites (N-methyl/N-ethyl adjacent to an activating group) is 2. The minimum atomic E-state index is -4.64. The molecule has 43 heavy (non-hydrogen) atoms. The third kappa shape index (κ3) is 7.68. The van der Waals surface area contributed by atoms with Crippen LogP contribution in [0.25, 0.3) is 0 Å². The number of rotatable bonds is 11.